The number of carbonyl (C=O) groups excluding carboxylic acids is 1. The molecule has 0 aliphatic heterocycles. The van der Waals surface area contributed by atoms with Crippen LogP contribution in [-0.2, 0) is 12.5 Å². The van der Waals surface area contributed by atoms with Crippen LogP contribution in [0, 0.1) is 12.8 Å². The van der Waals surface area contributed by atoms with Crippen molar-refractivity contribution in [2.24, 2.45) is 13.0 Å². The first-order valence-electron chi connectivity index (χ1n) is 10.6. The molecule has 1 N–H and O–H groups in total. The minimum atomic E-state index is -0.200. The Balaban J connectivity index is 1.43. The smallest absolute Gasteiger partial charge is 0.274 e. The Morgan fingerprint density at radius 3 is 2.67 bits per heavy atom. The van der Waals surface area contributed by atoms with E-state index in [9.17, 15) is 4.79 Å². The van der Waals surface area contributed by atoms with Crippen molar-refractivity contribution in [2.75, 3.05) is 5.32 Å². The van der Waals surface area contributed by atoms with Gasteiger partial charge in [-0.15, -0.1) is 10.2 Å². The van der Waals surface area contributed by atoms with E-state index in [1.165, 1.54) is 0 Å². The quantitative estimate of drug-likeness (QED) is 0.702. The highest BCUT2D eigenvalue weighted by atomic mass is 16.1. The van der Waals surface area contributed by atoms with Crippen LogP contribution in [0.2, 0.25) is 0 Å². The Morgan fingerprint density at radius 1 is 1.20 bits per heavy atom. The third kappa shape index (κ3) is 3.28. The van der Waals surface area contributed by atoms with E-state index in [-0.39, 0.29) is 11.3 Å². The number of hydrogen-bond acceptors (Lipinski definition) is 5. The second-order valence-electron chi connectivity index (χ2n) is 8.92. The molecule has 0 atom stereocenters. The van der Waals surface area contributed by atoms with Gasteiger partial charge in [-0.05, 0) is 62.3 Å². The normalized spacial score (nSPS) is 23.1. The summed E-state index contributed by atoms with van der Waals surface area (Å²) < 4.78 is 2.00. The number of nitrogens with one attached hydrogen (secondary N) is 1. The predicted molar refractivity (Wildman–Crippen MR) is 113 cm³/mol. The van der Waals surface area contributed by atoms with Gasteiger partial charge in [-0.25, -0.2) is 9.97 Å². The van der Waals surface area contributed by atoms with Gasteiger partial charge in [0.05, 0.1) is 5.41 Å². The molecule has 0 radical (unpaired) electrons. The molecule has 0 saturated heterocycles. The van der Waals surface area contributed by atoms with E-state index in [1.807, 2.05) is 30.7 Å². The van der Waals surface area contributed by atoms with E-state index < -0.39 is 0 Å². The van der Waals surface area contributed by atoms with Crippen molar-refractivity contribution in [1.29, 1.82) is 0 Å². The van der Waals surface area contributed by atoms with Crippen LogP contribution in [0.4, 0.5) is 5.69 Å². The first-order valence-corrected chi connectivity index (χ1v) is 10.6. The lowest BCUT2D eigenvalue weighted by Gasteiger charge is -2.46. The number of amides is 1. The highest BCUT2D eigenvalue weighted by Crippen LogP contribution is 2.51. The Bertz CT molecular complexity index is 1110. The van der Waals surface area contributed by atoms with Crippen LogP contribution in [0.1, 0.15) is 71.9 Å². The molecule has 0 bridgehead atoms. The summed E-state index contributed by atoms with van der Waals surface area (Å²) in [5.41, 5.74) is 3.02. The van der Waals surface area contributed by atoms with E-state index in [0.29, 0.717) is 17.5 Å². The maximum Gasteiger partial charge on any atom is 0.274 e. The van der Waals surface area contributed by atoms with Crippen LogP contribution < -0.4 is 5.32 Å². The Morgan fingerprint density at radius 2 is 2.00 bits per heavy atom. The minimum Gasteiger partial charge on any atom is -0.321 e. The van der Waals surface area contributed by atoms with E-state index in [0.717, 1.165) is 54.3 Å². The molecular formula is C23H26N6O. The Hall–Kier alpha value is -3.09. The molecule has 2 aliphatic carbocycles. The topological polar surface area (TPSA) is 85.6 Å². The molecule has 154 valence electrons. The second kappa shape index (κ2) is 7.00. The third-order valence-electron chi connectivity index (χ3n) is 6.25. The predicted octanol–water partition coefficient (Wildman–Crippen LogP) is 3.76. The molecule has 2 fully saturated rings. The monoisotopic (exact) mass is 402 g/mol. The molecule has 3 aromatic rings. The van der Waals surface area contributed by atoms with Crippen LogP contribution in [0.3, 0.4) is 0 Å². The maximum absolute atomic E-state index is 12.9. The zero-order chi connectivity index (χ0) is 20.9. The average molecular weight is 403 g/mol. The fourth-order valence-electron chi connectivity index (χ4n) is 4.72. The van der Waals surface area contributed by atoms with Gasteiger partial charge in [-0.3, -0.25) is 4.79 Å². The number of hydrogen-bond donors (Lipinski definition) is 1. The van der Waals surface area contributed by atoms with Gasteiger partial charge in [0.1, 0.15) is 23.7 Å². The van der Waals surface area contributed by atoms with E-state index in [1.54, 1.807) is 12.4 Å². The molecule has 2 aromatic heterocycles. The van der Waals surface area contributed by atoms with Gasteiger partial charge in [-0.1, -0.05) is 19.1 Å². The lowest BCUT2D eigenvalue weighted by molar-refractivity contribution is 0.102. The highest BCUT2D eigenvalue weighted by molar-refractivity contribution is 6.03. The summed E-state index contributed by atoms with van der Waals surface area (Å²) in [4.78, 5) is 21.9. The van der Waals surface area contributed by atoms with Crippen LogP contribution >= 0.6 is 0 Å². The molecule has 2 aliphatic rings. The van der Waals surface area contributed by atoms with Crippen LogP contribution in [0.15, 0.2) is 36.7 Å². The van der Waals surface area contributed by atoms with Crippen LogP contribution in [0.25, 0.3) is 0 Å². The summed E-state index contributed by atoms with van der Waals surface area (Å²) in [7, 11) is 1.99. The zero-order valence-corrected chi connectivity index (χ0v) is 17.6. The SMILES string of the molecule is Cc1cc(C(=O)Nc2cccc([C@]3(c4nncn4C)C[C@@H](C)C3)c2)nc(C2CC2)n1. The molecule has 5 rings (SSSR count). The summed E-state index contributed by atoms with van der Waals surface area (Å²) in [6.45, 7) is 4.17. The Kier molecular flexibility index (Phi) is 4.41. The molecular weight excluding hydrogens is 376 g/mol. The zero-order valence-electron chi connectivity index (χ0n) is 17.6. The number of rotatable bonds is 5. The Labute approximate surface area is 176 Å². The van der Waals surface area contributed by atoms with Crippen LogP contribution in [-0.4, -0.2) is 30.6 Å². The lowest BCUT2D eigenvalue weighted by Crippen LogP contribution is -2.43. The van der Waals surface area contributed by atoms with Crippen molar-refractivity contribution in [3.8, 4) is 0 Å². The molecule has 0 unspecified atom stereocenters. The summed E-state index contributed by atoms with van der Waals surface area (Å²) in [6.07, 6.45) is 6.00. The molecule has 7 nitrogen and oxygen atoms in total. The van der Waals surface area contributed by atoms with Crippen LogP contribution in [0.5, 0.6) is 0 Å². The number of aromatic nitrogens is 5. The van der Waals surface area contributed by atoms with E-state index in [2.05, 4.69) is 44.5 Å². The first kappa shape index (κ1) is 18.9. The summed E-state index contributed by atoms with van der Waals surface area (Å²) in [6, 6.07) is 9.85. The number of carbonyl (C=O) groups is 1. The molecule has 2 saturated carbocycles. The first-order chi connectivity index (χ1) is 14.4. The number of aryl methyl sites for hydroxylation is 2. The average Bonchev–Trinajstić information content (AvgIpc) is 3.46. The van der Waals surface area contributed by atoms with Crippen molar-refractivity contribution in [2.45, 2.75) is 50.9 Å². The highest BCUT2D eigenvalue weighted by Gasteiger charge is 2.48. The largest absolute Gasteiger partial charge is 0.321 e. The molecule has 1 amide bonds. The molecule has 1 aromatic carbocycles. The van der Waals surface area contributed by atoms with Gasteiger partial charge >= 0.3 is 0 Å². The second-order valence-corrected chi connectivity index (χ2v) is 8.92. The molecule has 30 heavy (non-hydrogen) atoms. The third-order valence-corrected chi connectivity index (χ3v) is 6.25. The molecule has 7 heteroatoms. The van der Waals surface area contributed by atoms with Gasteiger partial charge in [0.2, 0.25) is 0 Å². The van der Waals surface area contributed by atoms with Crippen molar-refractivity contribution < 1.29 is 4.79 Å². The maximum atomic E-state index is 12.9. The number of anilines is 1. The van der Waals surface area contributed by atoms with Crippen molar-refractivity contribution in [3.05, 3.63) is 65.3 Å². The molecule has 0 spiro atoms. The van der Waals surface area contributed by atoms with E-state index in [4.69, 9.17) is 0 Å². The van der Waals surface area contributed by atoms with Crippen molar-refractivity contribution in [1.82, 2.24) is 24.7 Å². The summed E-state index contributed by atoms with van der Waals surface area (Å²) in [5.74, 6) is 2.61. The molecule has 2 heterocycles. The summed E-state index contributed by atoms with van der Waals surface area (Å²) in [5, 5.41) is 11.5. The van der Waals surface area contributed by atoms with Crippen molar-refractivity contribution >= 4 is 11.6 Å². The van der Waals surface area contributed by atoms with Gasteiger partial charge < -0.3 is 9.88 Å². The number of benzene rings is 1. The fraction of sp³-hybridized carbons (Fsp3) is 0.435. The van der Waals surface area contributed by atoms with Gasteiger partial charge in [0, 0.05) is 24.3 Å². The van der Waals surface area contributed by atoms with Crippen molar-refractivity contribution in [3.63, 3.8) is 0 Å². The standard InChI is InChI=1S/C23H26N6O/c1-14-11-23(12-14,22-28-24-13-29(22)3)17-5-4-6-18(10-17)26-21(30)19-9-15(2)25-20(27-19)16-7-8-16/h4-6,9-10,13-14,16H,7-8,11-12H2,1-3H3,(H,26,30)/t14-,23+. The van der Waals surface area contributed by atoms with E-state index >= 15 is 0 Å². The summed E-state index contributed by atoms with van der Waals surface area (Å²) >= 11 is 0. The van der Waals surface area contributed by atoms with Gasteiger partial charge in [0.25, 0.3) is 5.91 Å². The van der Waals surface area contributed by atoms with Gasteiger partial charge in [-0.2, -0.15) is 0 Å². The van der Waals surface area contributed by atoms with Gasteiger partial charge in [0.15, 0.2) is 0 Å². The number of nitrogens with zero attached hydrogens (tertiary/aromatic N) is 5. The minimum absolute atomic E-state index is 0.157. The lowest BCUT2D eigenvalue weighted by atomic mass is 9.58. The fourth-order valence-corrected chi connectivity index (χ4v) is 4.72.